The van der Waals surface area contributed by atoms with Gasteiger partial charge in [0.2, 0.25) is 0 Å². The van der Waals surface area contributed by atoms with Crippen molar-refractivity contribution < 1.29 is 9.47 Å². The van der Waals surface area contributed by atoms with Crippen LogP contribution in [0, 0.1) is 0 Å². The molecule has 1 N–H and O–H groups in total. The van der Waals surface area contributed by atoms with Crippen LogP contribution in [0.1, 0.15) is 16.8 Å². The van der Waals surface area contributed by atoms with Gasteiger partial charge in [-0.25, -0.2) is 0 Å². The molecule has 0 aliphatic carbocycles. The number of hydrogen-bond donors (Lipinski definition) is 1. The lowest BCUT2D eigenvalue weighted by Crippen LogP contribution is -2.15. The summed E-state index contributed by atoms with van der Waals surface area (Å²) in [5.74, 6) is 1.88. The number of halogens is 1. The zero-order chi connectivity index (χ0) is 15.1. The zero-order valence-electron chi connectivity index (χ0n) is 12.2. The molecule has 1 heterocycles. The summed E-state index contributed by atoms with van der Waals surface area (Å²) in [4.78, 5) is 4.33. The van der Waals surface area contributed by atoms with Gasteiger partial charge in [-0.2, -0.15) is 0 Å². The largest absolute Gasteiger partial charge is 0.493 e. The molecule has 0 amide bonds. The molecule has 0 saturated heterocycles. The van der Waals surface area contributed by atoms with E-state index in [4.69, 9.17) is 21.1 Å². The van der Waals surface area contributed by atoms with Gasteiger partial charge in [0.05, 0.1) is 19.9 Å². The molecule has 0 atom stereocenters. The summed E-state index contributed by atoms with van der Waals surface area (Å²) in [6.45, 7) is 1.35. The fraction of sp³-hybridized carbons (Fsp3) is 0.312. The van der Waals surface area contributed by atoms with Crippen LogP contribution in [0.5, 0.6) is 11.5 Å². The van der Waals surface area contributed by atoms with Crippen molar-refractivity contribution in [2.75, 3.05) is 14.2 Å². The number of methoxy groups -OCH3 is 2. The van der Waals surface area contributed by atoms with Gasteiger partial charge in [-0.15, -0.1) is 11.6 Å². The molecule has 4 nitrogen and oxygen atoms in total. The minimum atomic E-state index is 0.527. The molecular weight excluding hydrogens is 288 g/mol. The van der Waals surface area contributed by atoms with Gasteiger partial charge in [-0.1, -0.05) is 24.3 Å². The summed E-state index contributed by atoms with van der Waals surface area (Å²) in [7, 11) is 3.24. The van der Waals surface area contributed by atoms with Crippen molar-refractivity contribution >= 4 is 11.6 Å². The number of hydrogen-bond acceptors (Lipinski definition) is 4. The summed E-state index contributed by atoms with van der Waals surface area (Å²) in [6.07, 6.45) is 1.71. The molecule has 0 fully saturated rings. The quantitative estimate of drug-likeness (QED) is 0.798. The lowest BCUT2D eigenvalue weighted by atomic mass is 10.1. The summed E-state index contributed by atoms with van der Waals surface area (Å²) in [5, 5.41) is 3.35. The molecule has 0 aliphatic rings. The van der Waals surface area contributed by atoms with E-state index >= 15 is 0 Å². The number of aromatic nitrogens is 1. The van der Waals surface area contributed by atoms with E-state index in [1.54, 1.807) is 26.5 Å². The van der Waals surface area contributed by atoms with Crippen molar-refractivity contribution in [3.63, 3.8) is 0 Å². The standard InChI is InChI=1S/C16H19ClN2O2/c1-20-15-6-7-19-14(16(15)21-2)11-18-10-13-5-3-4-12(8-13)9-17/h3-8,18H,9-11H2,1-2H3. The first-order valence-corrected chi connectivity index (χ1v) is 7.22. The Morgan fingerprint density at radius 2 is 1.90 bits per heavy atom. The van der Waals surface area contributed by atoms with Crippen molar-refractivity contribution in [3.8, 4) is 11.5 Å². The first-order chi connectivity index (χ1) is 10.3. The van der Waals surface area contributed by atoms with Crippen LogP contribution in [-0.4, -0.2) is 19.2 Å². The number of nitrogens with zero attached hydrogens (tertiary/aromatic N) is 1. The van der Waals surface area contributed by atoms with E-state index in [-0.39, 0.29) is 0 Å². The van der Waals surface area contributed by atoms with Crippen molar-refractivity contribution in [1.82, 2.24) is 10.3 Å². The van der Waals surface area contributed by atoms with E-state index in [9.17, 15) is 0 Å². The van der Waals surface area contributed by atoms with E-state index in [0.29, 0.717) is 23.9 Å². The fourth-order valence-corrected chi connectivity index (χ4v) is 2.29. The molecule has 5 heteroatoms. The molecular formula is C16H19ClN2O2. The van der Waals surface area contributed by atoms with Crippen molar-refractivity contribution in [1.29, 1.82) is 0 Å². The number of benzene rings is 1. The van der Waals surface area contributed by atoms with Gasteiger partial charge in [0.15, 0.2) is 11.5 Å². The van der Waals surface area contributed by atoms with Crippen LogP contribution >= 0.6 is 11.6 Å². The third-order valence-corrected chi connectivity index (χ3v) is 3.44. The third kappa shape index (κ3) is 4.09. The maximum absolute atomic E-state index is 5.84. The predicted molar refractivity (Wildman–Crippen MR) is 83.9 cm³/mol. The van der Waals surface area contributed by atoms with E-state index in [2.05, 4.69) is 22.4 Å². The predicted octanol–water partition coefficient (Wildman–Crippen LogP) is 3.13. The Hall–Kier alpha value is -1.78. The third-order valence-electron chi connectivity index (χ3n) is 3.13. The van der Waals surface area contributed by atoms with Gasteiger partial charge in [0.25, 0.3) is 0 Å². The number of alkyl halides is 1. The molecule has 0 saturated carbocycles. The monoisotopic (exact) mass is 306 g/mol. The molecule has 0 radical (unpaired) electrons. The second-order valence-corrected chi connectivity index (χ2v) is 4.82. The van der Waals surface area contributed by atoms with Gasteiger partial charge >= 0.3 is 0 Å². The van der Waals surface area contributed by atoms with E-state index in [1.165, 1.54) is 5.56 Å². The first kappa shape index (κ1) is 15.6. The summed E-state index contributed by atoms with van der Waals surface area (Å²) in [6, 6.07) is 9.98. The average molecular weight is 307 g/mol. The summed E-state index contributed by atoms with van der Waals surface area (Å²) >= 11 is 5.84. The Bertz CT molecular complexity index is 590. The van der Waals surface area contributed by atoms with Crippen LogP contribution < -0.4 is 14.8 Å². The van der Waals surface area contributed by atoms with Crippen LogP contribution in [0.3, 0.4) is 0 Å². The highest BCUT2D eigenvalue weighted by atomic mass is 35.5. The lowest BCUT2D eigenvalue weighted by molar-refractivity contribution is 0.348. The molecule has 2 rings (SSSR count). The second kappa shape index (κ2) is 7.86. The Balaban J connectivity index is 2.00. The topological polar surface area (TPSA) is 43.4 Å². The molecule has 2 aromatic rings. The van der Waals surface area contributed by atoms with Crippen LogP contribution in [0.4, 0.5) is 0 Å². The molecule has 21 heavy (non-hydrogen) atoms. The van der Waals surface area contributed by atoms with Crippen molar-refractivity contribution in [3.05, 3.63) is 53.3 Å². The van der Waals surface area contributed by atoms with E-state index in [1.807, 2.05) is 12.1 Å². The highest BCUT2D eigenvalue weighted by molar-refractivity contribution is 6.17. The Morgan fingerprint density at radius 1 is 1.10 bits per heavy atom. The fourth-order valence-electron chi connectivity index (χ4n) is 2.12. The van der Waals surface area contributed by atoms with E-state index in [0.717, 1.165) is 17.8 Å². The molecule has 112 valence electrons. The summed E-state index contributed by atoms with van der Waals surface area (Å²) in [5.41, 5.74) is 3.13. The van der Waals surface area contributed by atoms with Crippen LogP contribution in [-0.2, 0) is 19.0 Å². The average Bonchev–Trinajstić information content (AvgIpc) is 2.54. The van der Waals surface area contributed by atoms with Gasteiger partial charge in [-0.05, 0) is 11.1 Å². The summed E-state index contributed by atoms with van der Waals surface area (Å²) < 4.78 is 10.6. The van der Waals surface area contributed by atoms with Crippen molar-refractivity contribution in [2.24, 2.45) is 0 Å². The van der Waals surface area contributed by atoms with Gasteiger partial charge in [-0.3, -0.25) is 4.98 Å². The second-order valence-electron chi connectivity index (χ2n) is 4.55. The van der Waals surface area contributed by atoms with Crippen LogP contribution in [0.15, 0.2) is 36.5 Å². The zero-order valence-corrected chi connectivity index (χ0v) is 13.0. The molecule has 0 spiro atoms. The van der Waals surface area contributed by atoms with Gasteiger partial charge < -0.3 is 14.8 Å². The normalized spacial score (nSPS) is 10.4. The molecule has 0 aliphatic heterocycles. The lowest BCUT2D eigenvalue weighted by Gasteiger charge is -2.12. The first-order valence-electron chi connectivity index (χ1n) is 6.68. The Morgan fingerprint density at radius 3 is 2.62 bits per heavy atom. The number of rotatable bonds is 7. The SMILES string of the molecule is COc1ccnc(CNCc2cccc(CCl)c2)c1OC. The minimum Gasteiger partial charge on any atom is -0.493 e. The number of nitrogens with one attached hydrogen (secondary N) is 1. The minimum absolute atomic E-state index is 0.527. The van der Waals surface area contributed by atoms with Crippen LogP contribution in [0.2, 0.25) is 0 Å². The smallest absolute Gasteiger partial charge is 0.183 e. The van der Waals surface area contributed by atoms with Gasteiger partial charge in [0, 0.05) is 31.2 Å². The van der Waals surface area contributed by atoms with Gasteiger partial charge in [0.1, 0.15) is 0 Å². The number of pyridine rings is 1. The van der Waals surface area contributed by atoms with Crippen molar-refractivity contribution in [2.45, 2.75) is 19.0 Å². The Kier molecular flexibility index (Phi) is 5.84. The van der Waals surface area contributed by atoms with E-state index < -0.39 is 0 Å². The Labute approximate surface area is 130 Å². The molecule has 0 unspecified atom stereocenters. The highest BCUT2D eigenvalue weighted by Gasteiger charge is 2.10. The van der Waals surface area contributed by atoms with Crippen LogP contribution in [0.25, 0.3) is 0 Å². The molecule has 1 aromatic heterocycles. The molecule has 1 aromatic carbocycles. The highest BCUT2D eigenvalue weighted by Crippen LogP contribution is 2.28. The maximum atomic E-state index is 5.84. The maximum Gasteiger partial charge on any atom is 0.183 e. The number of ether oxygens (including phenoxy) is 2. The molecule has 0 bridgehead atoms.